The van der Waals surface area contributed by atoms with Crippen LogP contribution in [0.25, 0.3) is 0 Å². The summed E-state index contributed by atoms with van der Waals surface area (Å²) in [5.41, 5.74) is 1.22. The zero-order valence-electron chi connectivity index (χ0n) is 14.6. The highest BCUT2D eigenvalue weighted by Crippen LogP contribution is 2.38. The maximum atomic E-state index is 10.0. The molecule has 1 aromatic heterocycles. The highest BCUT2D eigenvalue weighted by molar-refractivity contribution is 7.98. The van der Waals surface area contributed by atoms with E-state index in [0.717, 1.165) is 57.1 Å². The molecule has 0 unspecified atom stereocenters. The minimum atomic E-state index is 0.0533. The molecule has 0 aliphatic carbocycles. The smallest absolute Gasteiger partial charge is 0.187 e. The summed E-state index contributed by atoms with van der Waals surface area (Å²) in [6.45, 7) is 4.13. The van der Waals surface area contributed by atoms with E-state index in [2.05, 4.69) is 14.9 Å². The number of aliphatic hydroxyl groups is 1. The second-order valence-electron chi connectivity index (χ2n) is 7.20. The van der Waals surface area contributed by atoms with E-state index in [4.69, 9.17) is 4.74 Å². The molecule has 0 radical (unpaired) electrons. The monoisotopic (exact) mass is 351 g/mol. The van der Waals surface area contributed by atoms with Crippen LogP contribution in [0.15, 0.2) is 17.6 Å². The topological polar surface area (TPSA) is 58.5 Å². The molecule has 6 heteroatoms. The maximum Gasteiger partial charge on any atom is 0.187 e. The number of aliphatic hydroxyl groups excluding tert-OH is 1. The van der Waals surface area contributed by atoms with Gasteiger partial charge in [0, 0.05) is 37.7 Å². The molecular weight excluding hydrogens is 322 g/mol. The van der Waals surface area contributed by atoms with Crippen LogP contribution in [0.5, 0.6) is 0 Å². The van der Waals surface area contributed by atoms with E-state index in [1.165, 1.54) is 18.4 Å². The van der Waals surface area contributed by atoms with Gasteiger partial charge in [0.2, 0.25) is 0 Å². The Bertz CT molecular complexity index is 497. The van der Waals surface area contributed by atoms with E-state index in [0.29, 0.717) is 6.10 Å². The van der Waals surface area contributed by atoms with Crippen molar-refractivity contribution in [3.05, 3.63) is 18.0 Å². The molecule has 5 nitrogen and oxygen atoms in total. The first kappa shape index (κ1) is 18.1. The number of rotatable bonds is 6. The van der Waals surface area contributed by atoms with Crippen LogP contribution in [0.4, 0.5) is 0 Å². The van der Waals surface area contributed by atoms with Crippen LogP contribution < -0.4 is 0 Å². The third-order valence-corrected chi connectivity index (χ3v) is 6.03. The first-order valence-corrected chi connectivity index (χ1v) is 10.3. The highest BCUT2D eigenvalue weighted by atomic mass is 32.2. The summed E-state index contributed by atoms with van der Waals surface area (Å²) in [4.78, 5) is 11.2. The molecule has 2 saturated heterocycles. The second kappa shape index (κ2) is 8.61. The minimum Gasteiger partial charge on any atom is -0.396 e. The fourth-order valence-corrected chi connectivity index (χ4v) is 4.17. The Hall–Kier alpha value is -0.690. The van der Waals surface area contributed by atoms with Crippen molar-refractivity contribution in [1.82, 2.24) is 14.9 Å². The first-order chi connectivity index (χ1) is 11.7. The fourth-order valence-electron chi connectivity index (χ4n) is 3.85. The lowest BCUT2D eigenvalue weighted by atomic mass is 9.74. The van der Waals surface area contributed by atoms with E-state index in [9.17, 15) is 5.11 Å². The van der Waals surface area contributed by atoms with Crippen molar-refractivity contribution in [3.8, 4) is 0 Å². The number of thioether (sulfide) groups is 1. The predicted octanol–water partition coefficient (Wildman–Crippen LogP) is 2.73. The van der Waals surface area contributed by atoms with Gasteiger partial charge >= 0.3 is 0 Å². The van der Waals surface area contributed by atoms with Gasteiger partial charge in [-0.2, -0.15) is 0 Å². The average Bonchev–Trinajstić information content (AvgIpc) is 2.65. The van der Waals surface area contributed by atoms with Crippen molar-refractivity contribution in [3.63, 3.8) is 0 Å². The molecule has 2 aliphatic rings. The molecule has 0 saturated carbocycles. The van der Waals surface area contributed by atoms with Crippen molar-refractivity contribution in [2.24, 2.45) is 5.41 Å². The third kappa shape index (κ3) is 4.69. The van der Waals surface area contributed by atoms with Crippen LogP contribution in [0, 0.1) is 5.41 Å². The standard InChI is InChI=1S/C18H29N3O2S/c1-24-17-19-11-15(12-20-17)13-21-7-5-18(14-22,6-8-21)10-16-4-2-3-9-23-16/h11-12,16,22H,2-10,13-14H2,1H3/t16-/m0/s1. The molecule has 24 heavy (non-hydrogen) atoms. The van der Waals surface area contributed by atoms with E-state index < -0.39 is 0 Å². The lowest BCUT2D eigenvalue weighted by Gasteiger charge is -2.43. The minimum absolute atomic E-state index is 0.0533. The molecule has 0 amide bonds. The largest absolute Gasteiger partial charge is 0.396 e. The number of hydrogen-bond donors (Lipinski definition) is 1. The average molecular weight is 352 g/mol. The van der Waals surface area contributed by atoms with Crippen molar-refractivity contribution >= 4 is 11.8 Å². The number of hydrogen-bond acceptors (Lipinski definition) is 6. The highest BCUT2D eigenvalue weighted by Gasteiger charge is 2.36. The van der Waals surface area contributed by atoms with E-state index in [1.807, 2.05) is 18.6 Å². The van der Waals surface area contributed by atoms with Crippen molar-refractivity contribution in [2.45, 2.75) is 56.3 Å². The summed E-state index contributed by atoms with van der Waals surface area (Å²) in [7, 11) is 0. The van der Waals surface area contributed by atoms with Gasteiger partial charge in [-0.25, -0.2) is 9.97 Å². The summed E-state index contributed by atoms with van der Waals surface area (Å²) < 4.78 is 5.91. The Labute approximate surface area is 149 Å². The van der Waals surface area contributed by atoms with E-state index in [-0.39, 0.29) is 12.0 Å². The van der Waals surface area contributed by atoms with Gasteiger partial charge in [-0.15, -0.1) is 0 Å². The van der Waals surface area contributed by atoms with Gasteiger partial charge < -0.3 is 9.84 Å². The fraction of sp³-hybridized carbons (Fsp3) is 0.778. The van der Waals surface area contributed by atoms with Gasteiger partial charge in [0.1, 0.15) is 0 Å². The van der Waals surface area contributed by atoms with Crippen LogP contribution in [0.2, 0.25) is 0 Å². The van der Waals surface area contributed by atoms with Crippen LogP contribution in [-0.4, -0.2) is 58.6 Å². The first-order valence-electron chi connectivity index (χ1n) is 9.03. The molecule has 2 aliphatic heterocycles. The summed E-state index contributed by atoms with van der Waals surface area (Å²) in [6, 6.07) is 0. The zero-order valence-corrected chi connectivity index (χ0v) is 15.4. The number of piperidine rings is 1. The molecule has 3 heterocycles. The molecule has 1 atom stereocenters. The predicted molar refractivity (Wildman–Crippen MR) is 96.1 cm³/mol. The van der Waals surface area contributed by atoms with Gasteiger partial charge in [0.05, 0.1) is 6.10 Å². The molecule has 2 fully saturated rings. The number of likely N-dealkylation sites (tertiary alicyclic amines) is 1. The normalized spacial score (nSPS) is 24.8. The van der Waals surface area contributed by atoms with E-state index >= 15 is 0 Å². The molecule has 0 aromatic carbocycles. The number of aromatic nitrogens is 2. The summed E-state index contributed by atoms with van der Waals surface area (Å²) >= 11 is 1.57. The second-order valence-corrected chi connectivity index (χ2v) is 7.98. The Morgan fingerprint density at radius 1 is 1.29 bits per heavy atom. The molecule has 3 rings (SSSR count). The Kier molecular flexibility index (Phi) is 6.49. The maximum absolute atomic E-state index is 10.0. The van der Waals surface area contributed by atoms with Gasteiger partial charge in [0.25, 0.3) is 0 Å². The lowest BCUT2D eigenvalue weighted by Crippen LogP contribution is -2.44. The zero-order chi connectivity index (χ0) is 16.8. The van der Waals surface area contributed by atoms with Crippen LogP contribution in [0.1, 0.15) is 44.1 Å². The Morgan fingerprint density at radius 3 is 2.62 bits per heavy atom. The molecule has 0 bridgehead atoms. The molecular formula is C18H29N3O2S. The molecule has 1 N–H and O–H groups in total. The summed E-state index contributed by atoms with van der Waals surface area (Å²) in [5.74, 6) is 0. The SMILES string of the molecule is CSc1ncc(CN2CCC(CO)(C[C@@H]3CCCCO3)CC2)cn1. The lowest BCUT2D eigenvalue weighted by molar-refractivity contribution is -0.0486. The quantitative estimate of drug-likeness (QED) is 0.628. The van der Waals surface area contributed by atoms with Crippen molar-refractivity contribution in [2.75, 3.05) is 32.6 Å². The van der Waals surface area contributed by atoms with Crippen molar-refractivity contribution in [1.29, 1.82) is 0 Å². The Morgan fingerprint density at radius 2 is 2.04 bits per heavy atom. The van der Waals surface area contributed by atoms with Crippen LogP contribution in [-0.2, 0) is 11.3 Å². The van der Waals surface area contributed by atoms with Gasteiger partial charge in [-0.3, -0.25) is 4.90 Å². The van der Waals surface area contributed by atoms with Gasteiger partial charge in [-0.05, 0) is 63.3 Å². The Balaban J connectivity index is 1.51. The number of ether oxygens (including phenoxy) is 1. The van der Waals surface area contributed by atoms with Gasteiger partial charge in [0.15, 0.2) is 5.16 Å². The summed E-state index contributed by atoms with van der Waals surface area (Å²) in [5, 5.41) is 10.8. The van der Waals surface area contributed by atoms with Crippen molar-refractivity contribution < 1.29 is 9.84 Å². The third-order valence-electron chi connectivity index (χ3n) is 5.46. The van der Waals surface area contributed by atoms with Crippen LogP contribution in [0.3, 0.4) is 0 Å². The molecule has 0 spiro atoms. The molecule has 1 aromatic rings. The number of nitrogens with zero attached hydrogens (tertiary/aromatic N) is 3. The van der Waals surface area contributed by atoms with Crippen LogP contribution >= 0.6 is 11.8 Å². The van der Waals surface area contributed by atoms with Gasteiger partial charge in [-0.1, -0.05) is 11.8 Å². The summed E-state index contributed by atoms with van der Waals surface area (Å²) in [6.07, 6.45) is 12.9. The van der Waals surface area contributed by atoms with E-state index in [1.54, 1.807) is 11.8 Å². The molecule has 134 valence electrons.